The number of esters is 1. The summed E-state index contributed by atoms with van der Waals surface area (Å²) in [5.74, 6) is -0.515. The molecule has 0 radical (unpaired) electrons. The van der Waals surface area contributed by atoms with Crippen molar-refractivity contribution in [3.8, 4) is 0 Å². The molecule has 1 fully saturated rings. The Morgan fingerprint density at radius 3 is 2.53 bits per heavy atom. The van der Waals surface area contributed by atoms with Crippen molar-refractivity contribution in [2.24, 2.45) is 4.99 Å². The fraction of sp³-hybridized carbons (Fsp3) is 0.261. The van der Waals surface area contributed by atoms with Crippen molar-refractivity contribution in [2.45, 2.75) is 38.2 Å². The Hall–Kier alpha value is -2.57. The van der Waals surface area contributed by atoms with Crippen LogP contribution in [0.15, 0.2) is 70.9 Å². The summed E-state index contributed by atoms with van der Waals surface area (Å²) < 4.78 is 5.61. The first-order chi connectivity index (χ1) is 14.5. The van der Waals surface area contributed by atoms with Crippen LogP contribution in [0.25, 0.3) is 0 Å². The number of fused-ring (bicyclic) bond motifs is 1. The van der Waals surface area contributed by atoms with E-state index in [9.17, 15) is 9.59 Å². The van der Waals surface area contributed by atoms with E-state index in [-0.39, 0.29) is 17.8 Å². The van der Waals surface area contributed by atoms with Crippen LogP contribution in [-0.4, -0.2) is 27.2 Å². The number of amides is 1. The second-order valence-electron chi connectivity index (χ2n) is 7.13. The number of rotatable bonds is 5. The molecule has 0 aromatic heterocycles. The lowest BCUT2D eigenvalue weighted by molar-refractivity contribution is -0.141. The largest absolute Gasteiger partial charge is 0.457 e. The SMILES string of the molecule is CC[C@@H]1SC2=NC(C)=C(C(=O)OCc3ccccc3)[C@H](c3ccc(Cl)cc3)N2C1=O. The van der Waals surface area contributed by atoms with Gasteiger partial charge in [0.2, 0.25) is 5.91 Å². The number of allylic oxidation sites excluding steroid dienone is 1. The van der Waals surface area contributed by atoms with Crippen LogP contribution in [0, 0.1) is 0 Å². The van der Waals surface area contributed by atoms with Gasteiger partial charge in [0.25, 0.3) is 0 Å². The van der Waals surface area contributed by atoms with Crippen LogP contribution >= 0.6 is 23.4 Å². The van der Waals surface area contributed by atoms with E-state index in [0.29, 0.717) is 27.9 Å². The average Bonchev–Trinajstić information content (AvgIpc) is 3.07. The zero-order valence-electron chi connectivity index (χ0n) is 16.7. The number of carbonyl (C=O) groups excluding carboxylic acids is 2. The minimum absolute atomic E-state index is 0.0398. The van der Waals surface area contributed by atoms with Crippen LogP contribution in [0.3, 0.4) is 0 Å². The summed E-state index contributed by atoms with van der Waals surface area (Å²) in [5.41, 5.74) is 2.63. The van der Waals surface area contributed by atoms with Crippen LogP contribution in [0.5, 0.6) is 0 Å². The van der Waals surface area contributed by atoms with E-state index < -0.39 is 12.0 Å². The monoisotopic (exact) mass is 440 g/mol. The standard InChI is InChI=1S/C23H21ClN2O3S/c1-3-18-21(27)26-20(16-9-11-17(24)12-10-16)19(14(2)25-23(26)30-18)22(28)29-13-15-7-5-4-6-8-15/h4-12,18,20H,3,13H2,1-2H3/t18-,20-/m0/s1. The number of thioether (sulfide) groups is 1. The predicted octanol–water partition coefficient (Wildman–Crippen LogP) is 5.12. The van der Waals surface area contributed by atoms with Crippen LogP contribution < -0.4 is 0 Å². The maximum atomic E-state index is 13.2. The number of hydrogen-bond acceptors (Lipinski definition) is 5. The third kappa shape index (κ3) is 3.89. The van der Waals surface area contributed by atoms with E-state index in [0.717, 1.165) is 11.1 Å². The summed E-state index contributed by atoms with van der Waals surface area (Å²) in [7, 11) is 0. The van der Waals surface area contributed by atoms with Gasteiger partial charge in [-0.25, -0.2) is 9.79 Å². The number of carbonyl (C=O) groups is 2. The first kappa shape index (κ1) is 20.7. The van der Waals surface area contributed by atoms with Crippen LogP contribution in [0.2, 0.25) is 5.02 Å². The molecular weight excluding hydrogens is 420 g/mol. The highest BCUT2D eigenvalue weighted by Crippen LogP contribution is 2.44. The quantitative estimate of drug-likeness (QED) is 0.605. The number of benzene rings is 2. The van der Waals surface area contributed by atoms with Gasteiger partial charge in [-0.3, -0.25) is 9.69 Å². The van der Waals surface area contributed by atoms with Gasteiger partial charge < -0.3 is 4.74 Å². The number of hydrogen-bond donors (Lipinski definition) is 0. The fourth-order valence-corrected chi connectivity index (χ4v) is 4.87. The highest BCUT2D eigenvalue weighted by molar-refractivity contribution is 8.15. The Morgan fingerprint density at radius 2 is 1.87 bits per heavy atom. The molecule has 1 amide bonds. The maximum Gasteiger partial charge on any atom is 0.338 e. The Labute approximate surface area is 184 Å². The summed E-state index contributed by atoms with van der Waals surface area (Å²) in [6, 6.07) is 16.1. The molecule has 4 rings (SSSR count). The van der Waals surface area contributed by atoms with E-state index in [1.807, 2.05) is 49.4 Å². The maximum absolute atomic E-state index is 13.2. The van der Waals surface area contributed by atoms with E-state index in [1.54, 1.807) is 24.0 Å². The number of halogens is 1. The Morgan fingerprint density at radius 1 is 1.17 bits per heavy atom. The average molecular weight is 441 g/mol. The third-order valence-corrected chi connectivity index (χ3v) is 6.71. The molecule has 0 N–H and O–H groups in total. The fourth-order valence-electron chi connectivity index (χ4n) is 3.61. The summed E-state index contributed by atoms with van der Waals surface area (Å²) in [5, 5.41) is 1.01. The topological polar surface area (TPSA) is 59.0 Å². The number of ether oxygens (including phenoxy) is 1. The lowest BCUT2D eigenvalue weighted by atomic mass is 9.94. The van der Waals surface area contributed by atoms with Crippen molar-refractivity contribution in [1.82, 2.24) is 4.90 Å². The van der Waals surface area contributed by atoms with Gasteiger partial charge in [0, 0.05) is 5.02 Å². The Bertz CT molecular complexity index is 1030. The van der Waals surface area contributed by atoms with E-state index in [1.165, 1.54) is 11.8 Å². The lowest BCUT2D eigenvalue weighted by Gasteiger charge is -2.33. The molecule has 30 heavy (non-hydrogen) atoms. The highest BCUT2D eigenvalue weighted by atomic mass is 35.5. The molecule has 0 spiro atoms. The predicted molar refractivity (Wildman–Crippen MR) is 119 cm³/mol. The molecule has 154 valence electrons. The molecule has 0 unspecified atom stereocenters. The molecule has 2 aliphatic heterocycles. The van der Waals surface area contributed by atoms with E-state index in [2.05, 4.69) is 4.99 Å². The highest BCUT2D eigenvalue weighted by Gasteiger charge is 2.47. The van der Waals surface area contributed by atoms with Crippen molar-refractivity contribution in [1.29, 1.82) is 0 Å². The van der Waals surface area contributed by atoms with Gasteiger partial charge >= 0.3 is 5.97 Å². The van der Waals surface area contributed by atoms with Gasteiger partial charge in [0.05, 0.1) is 22.6 Å². The smallest absolute Gasteiger partial charge is 0.338 e. The number of nitrogens with zero attached hydrogens (tertiary/aromatic N) is 2. The minimum Gasteiger partial charge on any atom is -0.457 e. The Kier molecular flexibility index (Phi) is 5.97. The van der Waals surface area contributed by atoms with Gasteiger partial charge in [0.15, 0.2) is 5.17 Å². The number of amidine groups is 1. The molecule has 7 heteroatoms. The molecule has 0 bridgehead atoms. The van der Waals surface area contributed by atoms with Gasteiger partial charge in [-0.15, -0.1) is 0 Å². The molecule has 0 saturated carbocycles. The molecule has 2 aromatic rings. The summed E-state index contributed by atoms with van der Waals surface area (Å²) in [6.45, 7) is 3.92. The minimum atomic E-state index is -0.588. The molecule has 2 atom stereocenters. The van der Waals surface area contributed by atoms with E-state index in [4.69, 9.17) is 16.3 Å². The van der Waals surface area contributed by atoms with Crippen molar-refractivity contribution in [2.75, 3.05) is 0 Å². The van der Waals surface area contributed by atoms with E-state index >= 15 is 0 Å². The van der Waals surface area contributed by atoms with Crippen LogP contribution in [0.4, 0.5) is 0 Å². The van der Waals surface area contributed by atoms with Gasteiger partial charge in [-0.2, -0.15) is 0 Å². The Balaban J connectivity index is 1.71. The summed E-state index contributed by atoms with van der Waals surface area (Å²) in [4.78, 5) is 32.5. The number of aliphatic imine (C=N–C) groups is 1. The molecule has 2 heterocycles. The van der Waals surface area contributed by atoms with Crippen molar-refractivity contribution >= 4 is 40.4 Å². The van der Waals surface area contributed by atoms with Gasteiger partial charge in [-0.1, -0.05) is 72.8 Å². The van der Waals surface area contributed by atoms with Gasteiger partial charge in [-0.05, 0) is 36.6 Å². The van der Waals surface area contributed by atoms with Crippen LogP contribution in [-0.2, 0) is 20.9 Å². The molecule has 2 aromatic carbocycles. The van der Waals surface area contributed by atoms with Crippen LogP contribution in [0.1, 0.15) is 37.4 Å². The molecule has 0 aliphatic carbocycles. The van der Waals surface area contributed by atoms with Crippen molar-refractivity contribution < 1.29 is 14.3 Å². The summed E-state index contributed by atoms with van der Waals surface area (Å²) >= 11 is 7.52. The third-order valence-electron chi connectivity index (χ3n) is 5.14. The second kappa shape index (κ2) is 8.66. The molecule has 2 aliphatic rings. The zero-order chi connectivity index (χ0) is 21.3. The van der Waals surface area contributed by atoms with Crippen molar-refractivity contribution in [3.63, 3.8) is 0 Å². The van der Waals surface area contributed by atoms with Gasteiger partial charge in [0.1, 0.15) is 6.61 Å². The first-order valence-electron chi connectivity index (χ1n) is 9.75. The van der Waals surface area contributed by atoms with Crippen molar-refractivity contribution in [3.05, 3.63) is 82.0 Å². The zero-order valence-corrected chi connectivity index (χ0v) is 18.2. The lowest BCUT2D eigenvalue weighted by Crippen LogP contribution is -2.40. The molecular formula is C23H21ClN2O3S. The summed E-state index contributed by atoms with van der Waals surface area (Å²) in [6.07, 6.45) is 0.694. The normalized spacial score (nSPS) is 20.8. The molecule has 1 saturated heterocycles. The first-order valence-corrected chi connectivity index (χ1v) is 11.0. The molecule has 5 nitrogen and oxygen atoms in total. The second-order valence-corrected chi connectivity index (χ2v) is 8.74.